The highest BCUT2D eigenvalue weighted by Gasteiger charge is 2.44. The highest BCUT2D eigenvalue weighted by molar-refractivity contribution is 5.91. The monoisotopic (exact) mass is 276 g/mol. The molecule has 4 nitrogen and oxygen atoms in total. The summed E-state index contributed by atoms with van der Waals surface area (Å²) in [5.41, 5.74) is 0.320. The lowest BCUT2D eigenvalue weighted by Gasteiger charge is -2.31. The van der Waals surface area contributed by atoms with Gasteiger partial charge in [-0.25, -0.2) is 4.39 Å². The molecule has 20 heavy (non-hydrogen) atoms. The number of fused-ring (bicyclic) bond motifs is 1. The van der Waals surface area contributed by atoms with Crippen molar-refractivity contribution in [1.29, 1.82) is 0 Å². The maximum Gasteiger partial charge on any atom is 0.315 e. The molecule has 0 saturated heterocycles. The van der Waals surface area contributed by atoms with Crippen LogP contribution in [0.2, 0.25) is 0 Å². The molecule has 1 fully saturated rings. The van der Waals surface area contributed by atoms with Gasteiger partial charge in [0.2, 0.25) is 0 Å². The second-order valence-electron chi connectivity index (χ2n) is 5.58. The quantitative estimate of drug-likeness (QED) is 0.917. The molecule has 1 aromatic heterocycles. The molecule has 0 bridgehead atoms. The van der Waals surface area contributed by atoms with E-state index in [0.717, 1.165) is 24.8 Å². The number of halogens is 1. The third-order valence-corrected chi connectivity index (χ3v) is 4.38. The third kappa shape index (κ3) is 1.80. The fourth-order valence-electron chi connectivity index (χ4n) is 3.30. The second kappa shape index (κ2) is 4.58. The predicted molar refractivity (Wildman–Crippen MR) is 73.1 cm³/mol. The number of aliphatic carboxylic acids is 1. The minimum Gasteiger partial charge on any atom is -0.481 e. The molecule has 0 aliphatic heterocycles. The molecular formula is C15H17FN2O2. The molecule has 5 heteroatoms. The Morgan fingerprint density at radius 3 is 2.70 bits per heavy atom. The minimum absolute atomic E-state index is 0.358. The average molecular weight is 276 g/mol. The minimum atomic E-state index is -0.967. The molecule has 0 radical (unpaired) electrons. The first-order chi connectivity index (χ1) is 9.54. The van der Waals surface area contributed by atoms with Crippen LogP contribution in [0.1, 0.15) is 37.8 Å². The second-order valence-corrected chi connectivity index (χ2v) is 5.58. The molecule has 0 amide bonds. The molecule has 1 aromatic carbocycles. The number of carboxylic acids is 1. The number of aromatic nitrogens is 2. The van der Waals surface area contributed by atoms with Crippen LogP contribution in [0.15, 0.2) is 18.2 Å². The maximum atomic E-state index is 13.5. The van der Waals surface area contributed by atoms with E-state index in [1.54, 1.807) is 17.8 Å². The van der Waals surface area contributed by atoms with Crippen molar-refractivity contribution in [2.75, 3.05) is 0 Å². The van der Waals surface area contributed by atoms with Gasteiger partial charge in [0.25, 0.3) is 0 Å². The van der Waals surface area contributed by atoms with Gasteiger partial charge in [-0.3, -0.25) is 9.48 Å². The van der Waals surface area contributed by atoms with Crippen LogP contribution in [-0.2, 0) is 17.3 Å². The molecule has 1 saturated carbocycles. The van der Waals surface area contributed by atoms with Crippen molar-refractivity contribution < 1.29 is 14.3 Å². The van der Waals surface area contributed by atoms with Crippen LogP contribution in [0.25, 0.3) is 10.9 Å². The number of rotatable bonds is 2. The standard InChI is InChI=1S/C15H17FN2O2/c1-18-12-6-5-10(16)9-11(12)13(17-18)15(14(19)20)7-3-2-4-8-15/h5-6,9H,2-4,7-8H2,1H3,(H,19,20). The number of carboxylic acid groups (broad SMARTS) is 1. The predicted octanol–water partition coefficient (Wildman–Crippen LogP) is 3.00. The van der Waals surface area contributed by atoms with E-state index in [-0.39, 0.29) is 5.82 Å². The lowest BCUT2D eigenvalue weighted by Crippen LogP contribution is -2.38. The Hall–Kier alpha value is -1.91. The molecule has 0 unspecified atom stereocenters. The van der Waals surface area contributed by atoms with Crippen molar-refractivity contribution in [1.82, 2.24) is 9.78 Å². The molecule has 1 aliphatic rings. The zero-order chi connectivity index (χ0) is 14.3. The first-order valence-electron chi connectivity index (χ1n) is 6.91. The molecule has 106 valence electrons. The van der Waals surface area contributed by atoms with E-state index >= 15 is 0 Å². The molecular weight excluding hydrogens is 259 g/mol. The van der Waals surface area contributed by atoms with E-state index < -0.39 is 11.4 Å². The number of nitrogens with zero attached hydrogens (tertiary/aromatic N) is 2. The molecule has 0 spiro atoms. The fraction of sp³-hybridized carbons (Fsp3) is 0.467. The average Bonchev–Trinajstić information content (AvgIpc) is 2.76. The first-order valence-corrected chi connectivity index (χ1v) is 6.91. The van der Waals surface area contributed by atoms with Crippen LogP contribution in [0, 0.1) is 5.82 Å². The SMILES string of the molecule is Cn1nc(C2(C(=O)O)CCCCC2)c2cc(F)ccc21. The van der Waals surface area contributed by atoms with Gasteiger partial charge in [-0.15, -0.1) is 0 Å². The third-order valence-electron chi connectivity index (χ3n) is 4.38. The molecule has 1 N–H and O–H groups in total. The molecule has 3 rings (SSSR count). The number of carbonyl (C=O) groups is 1. The Balaban J connectivity index is 2.26. The van der Waals surface area contributed by atoms with Crippen molar-refractivity contribution in [3.63, 3.8) is 0 Å². The van der Waals surface area contributed by atoms with Gasteiger partial charge in [0.1, 0.15) is 11.2 Å². The maximum absolute atomic E-state index is 13.5. The molecule has 2 aromatic rings. The van der Waals surface area contributed by atoms with E-state index in [0.29, 0.717) is 23.9 Å². The summed E-state index contributed by atoms with van der Waals surface area (Å²) in [6, 6.07) is 4.43. The smallest absolute Gasteiger partial charge is 0.315 e. The zero-order valence-electron chi connectivity index (χ0n) is 11.4. The normalized spacial score (nSPS) is 18.3. The highest BCUT2D eigenvalue weighted by atomic mass is 19.1. The van der Waals surface area contributed by atoms with Gasteiger partial charge in [-0.05, 0) is 31.0 Å². The van der Waals surface area contributed by atoms with Crippen LogP contribution in [-0.4, -0.2) is 20.9 Å². The molecule has 0 atom stereocenters. The van der Waals surface area contributed by atoms with E-state index in [1.807, 2.05) is 0 Å². The first kappa shape index (κ1) is 13.1. The van der Waals surface area contributed by atoms with E-state index in [2.05, 4.69) is 5.10 Å². The summed E-state index contributed by atoms with van der Waals surface area (Å²) in [5, 5.41) is 14.8. The zero-order valence-corrected chi connectivity index (χ0v) is 11.4. The van der Waals surface area contributed by atoms with Crippen molar-refractivity contribution >= 4 is 16.9 Å². The van der Waals surface area contributed by atoms with E-state index in [9.17, 15) is 14.3 Å². The summed E-state index contributed by atoms with van der Waals surface area (Å²) >= 11 is 0. The van der Waals surface area contributed by atoms with Crippen LogP contribution >= 0.6 is 0 Å². The Morgan fingerprint density at radius 1 is 1.35 bits per heavy atom. The van der Waals surface area contributed by atoms with Crippen LogP contribution in [0.3, 0.4) is 0 Å². The lowest BCUT2D eigenvalue weighted by atomic mass is 9.71. The highest BCUT2D eigenvalue weighted by Crippen LogP contribution is 2.42. The van der Waals surface area contributed by atoms with E-state index in [4.69, 9.17) is 0 Å². The van der Waals surface area contributed by atoms with Gasteiger partial charge in [-0.2, -0.15) is 5.10 Å². The summed E-state index contributed by atoms with van der Waals surface area (Å²) < 4.78 is 15.2. The van der Waals surface area contributed by atoms with Crippen molar-refractivity contribution in [2.24, 2.45) is 7.05 Å². The molecule has 1 heterocycles. The summed E-state index contributed by atoms with van der Waals surface area (Å²) in [6.45, 7) is 0. The summed E-state index contributed by atoms with van der Waals surface area (Å²) in [6.07, 6.45) is 3.95. The van der Waals surface area contributed by atoms with Gasteiger partial charge >= 0.3 is 5.97 Å². The van der Waals surface area contributed by atoms with Crippen LogP contribution in [0.5, 0.6) is 0 Å². The summed E-state index contributed by atoms with van der Waals surface area (Å²) in [7, 11) is 1.77. The fourth-order valence-corrected chi connectivity index (χ4v) is 3.30. The van der Waals surface area contributed by atoms with Crippen molar-refractivity contribution in [3.05, 3.63) is 29.7 Å². The van der Waals surface area contributed by atoms with Gasteiger partial charge < -0.3 is 5.11 Å². The largest absolute Gasteiger partial charge is 0.481 e. The number of hydrogen-bond acceptors (Lipinski definition) is 2. The van der Waals surface area contributed by atoms with Gasteiger partial charge in [0, 0.05) is 12.4 Å². The van der Waals surface area contributed by atoms with Gasteiger partial charge in [0.15, 0.2) is 0 Å². The summed E-state index contributed by atoms with van der Waals surface area (Å²) in [4.78, 5) is 11.9. The molecule has 1 aliphatic carbocycles. The van der Waals surface area contributed by atoms with Crippen LogP contribution in [0.4, 0.5) is 4.39 Å². The van der Waals surface area contributed by atoms with Crippen molar-refractivity contribution in [2.45, 2.75) is 37.5 Å². The van der Waals surface area contributed by atoms with Crippen LogP contribution < -0.4 is 0 Å². The van der Waals surface area contributed by atoms with Crippen molar-refractivity contribution in [3.8, 4) is 0 Å². The lowest BCUT2D eigenvalue weighted by molar-refractivity contribution is -0.145. The Kier molecular flexibility index (Phi) is 3.00. The Morgan fingerprint density at radius 2 is 2.05 bits per heavy atom. The number of hydrogen-bond donors (Lipinski definition) is 1. The summed E-state index contributed by atoms with van der Waals surface area (Å²) in [5.74, 6) is -1.20. The Bertz CT molecular complexity index is 672. The van der Waals surface area contributed by atoms with Gasteiger partial charge in [0.05, 0.1) is 11.2 Å². The number of aryl methyl sites for hydroxylation is 1. The Labute approximate surface area is 116 Å². The van der Waals surface area contributed by atoms with Gasteiger partial charge in [-0.1, -0.05) is 19.3 Å². The number of benzene rings is 1. The van der Waals surface area contributed by atoms with E-state index in [1.165, 1.54) is 12.1 Å². The topological polar surface area (TPSA) is 55.1 Å².